The normalized spacial score (nSPS) is 14.7. The Kier molecular flexibility index (Phi) is 5.33. The van der Waals surface area contributed by atoms with E-state index < -0.39 is 17.3 Å². The van der Waals surface area contributed by atoms with Gasteiger partial charge in [-0.3, -0.25) is 19.0 Å². The number of nitrogens with zero attached hydrogens (tertiary/aromatic N) is 2. The van der Waals surface area contributed by atoms with Crippen LogP contribution in [0.15, 0.2) is 59.5 Å². The topological polar surface area (TPSA) is 59.4 Å². The second-order valence-corrected chi connectivity index (χ2v) is 9.19. The highest BCUT2D eigenvalue weighted by Gasteiger charge is 2.36. The van der Waals surface area contributed by atoms with Gasteiger partial charge in [0.1, 0.15) is 11.4 Å². The van der Waals surface area contributed by atoms with Crippen molar-refractivity contribution in [1.29, 1.82) is 0 Å². The third kappa shape index (κ3) is 3.88. The Labute approximate surface area is 186 Å². The van der Waals surface area contributed by atoms with Crippen molar-refractivity contribution in [3.8, 4) is 5.69 Å². The predicted octanol–water partition coefficient (Wildman–Crippen LogP) is 4.72. The zero-order valence-corrected chi connectivity index (χ0v) is 18.6. The van der Waals surface area contributed by atoms with Crippen LogP contribution in [0.3, 0.4) is 0 Å². The Balaban J connectivity index is 1.95. The molecule has 4 rings (SSSR count). The van der Waals surface area contributed by atoms with E-state index in [1.807, 2.05) is 39.0 Å². The molecule has 0 fully saturated rings. The molecule has 6 heteroatoms. The van der Waals surface area contributed by atoms with Crippen LogP contribution in [0.25, 0.3) is 5.69 Å². The second kappa shape index (κ2) is 7.86. The number of aryl methyl sites for hydroxylation is 1. The van der Waals surface area contributed by atoms with Crippen molar-refractivity contribution in [2.24, 2.45) is 5.41 Å². The number of carbonyl (C=O) groups excluding carboxylic acids is 2. The molecule has 1 heterocycles. The van der Waals surface area contributed by atoms with Gasteiger partial charge in [-0.1, -0.05) is 26.0 Å². The first-order valence-electron chi connectivity index (χ1n) is 10.5. The summed E-state index contributed by atoms with van der Waals surface area (Å²) < 4.78 is 14.7. The van der Waals surface area contributed by atoms with E-state index in [2.05, 4.69) is 0 Å². The first-order valence-corrected chi connectivity index (χ1v) is 10.5. The lowest BCUT2D eigenvalue weighted by Gasteiger charge is -2.32. The maximum atomic E-state index is 13.6. The van der Waals surface area contributed by atoms with Gasteiger partial charge < -0.3 is 4.90 Å². The van der Waals surface area contributed by atoms with Gasteiger partial charge in [-0.2, -0.15) is 0 Å². The number of amides is 1. The third-order valence-corrected chi connectivity index (χ3v) is 5.92. The summed E-state index contributed by atoms with van der Waals surface area (Å²) >= 11 is 0. The molecule has 1 aliphatic rings. The number of benzene rings is 2. The number of anilines is 1. The van der Waals surface area contributed by atoms with Gasteiger partial charge in [0.2, 0.25) is 0 Å². The Morgan fingerprint density at radius 1 is 1.06 bits per heavy atom. The van der Waals surface area contributed by atoms with E-state index >= 15 is 0 Å². The number of fused-ring (bicyclic) bond motifs is 1. The fourth-order valence-electron chi connectivity index (χ4n) is 4.28. The van der Waals surface area contributed by atoms with Gasteiger partial charge in [0.15, 0.2) is 5.78 Å². The van der Waals surface area contributed by atoms with Crippen LogP contribution in [0.4, 0.5) is 10.1 Å². The standard InChI is InChI=1S/C26H25FN2O3/c1-16-6-5-7-19(12-16)28(4)24(31)23-20-13-26(2,3)14-22(30)21(20)15-29(25(23)32)18-10-8-17(27)9-11-18/h5-12,15H,13-14H2,1-4H3. The van der Waals surface area contributed by atoms with E-state index in [4.69, 9.17) is 0 Å². The molecule has 0 spiro atoms. The molecule has 5 nitrogen and oxygen atoms in total. The number of Topliss-reactive ketones (excluding diaryl/α,β-unsaturated/α-hetero) is 1. The van der Waals surface area contributed by atoms with Gasteiger partial charge in [-0.25, -0.2) is 4.39 Å². The van der Waals surface area contributed by atoms with Crippen molar-refractivity contribution in [3.63, 3.8) is 0 Å². The van der Waals surface area contributed by atoms with Crippen LogP contribution < -0.4 is 10.5 Å². The summed E-state index contributed by atoms with van der Waals surface area (Å²) in [6.45, 7) is 5.84. The van der Waals surface area contributed by atoms with Crippen molar-refractivity contribution in [2.75, 3.05) is 11.9 Å². The van der Waals surface area contributed by atoms with Gasteiger partial charge in [0, 0.05) is 36.6 Å². The summed E-state index contributed by atoms with van der Waals surface area (Å²) in [7, 11) is 1.62. The molecule has 164 valence electrons. The molecule has 1 aliphatic carbocycles. The zero-order chi connectivity index (χ0) is 23.2. The minimum absolute atomic E-state index is 0.0167. The fourth-order valence-corrected chi connectivity index (χ4v) is 4.28. The quantitative estimate of drug-likeness (QED) is 0.602. The molecule has 0 aliphatic heterocycles. The Bertz CT molecular complexity index is 1290. The fraction of sp³-hybridized carbons (Fsp3) is 0.269. The monoisotopic (exact) mass is 432 g/mol. The first kappa shape index (κ1) is 21.7. The molecule has 2 aromatic carbocycles. The first-order chi connectivity index (χ1) is 15.1. The average Bonchev–Trinajstić information content (AvgIpc) is 2.72. The van der Waals surface area contributed by atoms with Crippen molar-refractivity contribution >= 4 is 17.4 Å². The van der Waals surface area contributed by atoms with Gasteiger partial charge in [-0.15, -0.1) is 0 Å². The van der Waals surface area contributed by atoms with E-state index in [1.54, 1.807) is 13.1 Å². The van der Waals surface area contributed by atoms with Crippen LogP contribution in [0.5, 0.6) is 0 Å². The molecule has 0 N–H and O–H groups in total. The van der Waals surface area contributed by atoms with Gasteiger partial charge in [0.25, 0.3) is 11.5 Å². The maximum Gasteiger partial charge on any atom is 0.268 e. The maximum absolute atomic E-state index is 13.6. The second-order valence-electron chi connectivity index (χ2n) is 9.19. The molecule has 0 saturated heterocycles. The van der Waals surface area contributed by atoms with Crippen LogP contribution in [0.1, 0.15) is 52.1 Å². The lowest BCUT2D eigenvalue weighted by Crippen LogP contribution is -2.39. The highest BCUT2D eigenvalue weighted by molar-refractivity contribution is 6.09. The minimum atomic E-state index is -0.523. The summed E-state index contributed by atoms with van der Waals surface area (Å²) in [5.74, 6) is -1.02. The minimum Gasteiger partial charge on any atom is -0.311 e. The Morgan fingerprint density at radius 2 is 1.75 bits per heavy atom. The highest BCUT2D eigenvalue weighted by atomic mass is 19.1. The number of aromatic nitrogens is 1. The van der Waals surface area contributed by atoms with E-state index in [1.165, 1.54) is 39.9 Å². The molecule has 0 bridgehead atoms. The Hall–Kier alpha value is -3.54. The third-order valence-electron chi connectivity index (χ3n) is 5.92. The van der Waals surface area contributed by atoms with Gasteiger partial charge in [-0.05, 0) is 66.3 Å². The molecular weight excluding hydrogens is 407 g/mol. The number of rotatable bonds is 3. The zero-order valence-electron chi connectivity index (χ0n) is 18.6. The number of hydrogen-bond acceptors (Lipinski definition) is 3. The summed E-state index contributed by atoms with van der Waals surface area (Å²) in [6.07, 6.45) is 2.26. The summed E-state index contributed by atoms with van der Waals surface area (Å²) in [5.41, 5.74) is 1.98. The van der Waals surface area contributed by atoms with Crippen molar-refractivity contribution < 1.29 is 14.0 Å². The number of hydrogen-bond donors (Lipinski definition) is 0. The lowest BCUT2D eigenvalue weighted by molar-refractivity contribution is 0.0910. The van der Waals surface area contributed by atoms with Crippen LogP contribution in [-0.2, 0) is 6.42 Å². The van der Waals surface area contributed by atoms with Gasteiger partial charge in [0.05, 0.1) is 0 Å². The van der Waals surface area contributed by atoms with E-state index in [0.29, 0.717) is 35.3 Å². The lowest BCUT2D eigenvalue weighted by atomic mass is 9.73. The van der Waals surface area contributed by atoms with Crippen molar-refractivity contribution in [3.05, 3.63) is 93.2 Å². The molecule has 0 saturated carbocycles. The van der Waals surface area contributed by atoms with Crippen LogP contribution in [-0.4, -0.2) is 23.3 Å². The average molecular weight is 432 g/mol. The van der Waals surface area contributed by atoms with Gasteiger partial charge >= 0.3 is 0 Å². The molecule has 0 atom stereocenters. The SMILES string of the molecule is Cc1cccc(N(C)C(=O)c2c3c(cn(-c4ccc(F)cc4)c2=O)C(=O)CC(C)(C)C3)c1. The summed E-state index contributed by atoms with van der Waals surface area (Å²) in [6, 6.07) is 12.8. The summed E-state index contributed by atoms with van der Waals surface area (Å²) in [4.78, 5) is 41.7. The molecule has 32 heavy (non-hydrogen) atoms. The van der Waals surface area contributed by atoms with Crippen molar-refractivity contribution in [2.45, 2.75) is 33.6 Å². The number of halogens is 1. The number of pyridine rings is 1. The smallest absolute Gasteiger partial charge is 0.268 e. The highest BCUT2D eigenvalue weighted by Crippen LogP contribution is 2.36. The molecule has 3 aromatic rings. The number of carbonyl (C=O) groups is 2. The largest absolute Gasteiger partial charge is 0.311 e. The van der Waals surface area contributed by atoms with Crippen LogP contribution >= 0.6 is 0 Å². The molecular formula is C26H25FN2O3. The molecule has 0 radical (unpaired) electrons. The summed E-state index contributed by atoms with van der Waals surface area (Å²) in [5, 5.41) is 0. The van der Waals surface area contributed by atoms with Crippen LogP contribution in [0.2, 0.25) is 0 Å². The van der Waals surface area contributed by atoms with Crippen LogP contribution in [0, 0.1) is 18.2 Å². The number of ketones is 1. The predicted molar refractivity (Wildman–Crippen MR) is 122 cm³/mol. The van der Waals surface area contributed by atoms with E-state index in [-0.39, 0.29) is 16.8 Å². The molecule has 1 aromatic heterocycles. The molecule has 1 amide bonds. The molecule has 0 unspecified atom stereocenters. The van der Waals surface area contributed by atoms with Crippen molar-refractivity contribution in [1.82, 2.24) is 4.57 Å². The van der Waals surface area contributed by atoms with E-state index in [9.17, 15) is 18.8 Å². The Morgan fingerprint density at radius 3 is 2.41 bits per heavy atom. The van der Waals surface area contributed by atoms with E-state index in [0.717, 1.165) is 5.56 Å².